The first kappa shape index (κ1) is 43.3. The molecule has 2 rings (SSSR count). The number of aliphatic hydroxyl groups is 1. The summed E-state index contributed by atoms with van der Waals surface area (Å²) >= 11 is 0. The van der Waals surface area contributed by atoms with Gasteiger partial charge in [-0.25, -0.2) is 0 Å². The van der Waals surface area contributed by atoms with Crippen LogP contribution in [0.1, 0.15) is 95.9 Å². The van der Waals surface area contributed by atoms with Gasteiger partial charge in [0.25, 0.3) is 0 Å². The maximum Gasteiger partial charge on any atom is 0.192 e. The van der Waals surface area contributed by atoms with Gasteiger partial charge < -0.3 is 32.9 Å². The SMILES string of the molecule is C=CCC(=O)[C@H](C)[C@H]1OC(C)(C)O[C@H]1CO[Si](C)(C)C(C)(C)C.C=CC[C@H](O)[C@H](C)[C@H]1OC(C)(C)O[C@H]1CO[Si](C)(C)C(C)(C)C. The number of ether oxygens (including phenoxy) is 4. The topological polar surface area (TPSA) is 92.7 Å². The molecular weight excluding hydrogens is 617 g/mol. The molecule has 0 aromatic heterocycles. The third-order valence-corrected chi connectivity index (χ3v) is 19.2. The van der Waals surface area contributed by atoms with Crippen LogP contribution in [-0.2, 0) is 32.6 Å². The molecule has 0 amide bonds. The summed E-state index contributed by atoms with van der Waals surface area (Å²) in [5.74, 6) is -1.47. The number of carbonyl (C=O) groups excluding carboxylic acids is 1. The van der Waals surface area contributed by atoms with Crippen LogP contribution in [0.15, 0.2) is 25.3 Å². The van der Waals surface area contributed by atoms with Gasteiger partial charge in [-0.1, -0.05) is 67.5 Å². The van der Waals surface area contributed by atoms with Crippen molar-refractivity contribution in [3.63, 3.8) is 0 Å². The summed E-state index contributed by atoms with van der Waals surface area (Å²) in [5.41, 5.74) is 0. The Bertz CT molecular complexity index is 995. The van der Waals surface area contributed by atoms with Gasteiger partial charge in [-0.3, -0.25) is 4.79 Å². The number of Topliss-reactive ketones (excluding diaryl/α,β-unsaturated/α-hetero) is 1. The molecule has 0 bridgehead atoms. The van der Waals surface area contributed by atoms with Crippen LogP contribution in [0.5, 0.6) is 0 Å². The second-order valence-electron chi connectivity index (χ2n) is 17.1. The third-order valence-electron chi connectivity index (χ3n) is 10.2. The van der Waals surface area contributed by atoms with Gasteiger partial charge in [0.2, 0.25) is 0 Å². The van der Waals surface area contributed by atoms with Crippen LogP contribution in [0, 0.1) is 11.8 Å². The van der Waals surface area contributed by atoms with Crippen LogP contribution < -0.4 is 0 Å². The van der Waals surface area contributed by atoms with Crippen LogP contribution in [0.3, 0.4) is 0 Å². The molecule has 1 N–H and O–H groups in total. The maximum atomic E-state index is 12.2. The highest BCUT2D eigenvalue weighted by Gasteiger charge is 2.48. The van der Waals surface area contributed by atoms with Gasteiger partial charge in [-0.2, -0.15) is 0 Å². The maximum absolute atomic E-state index is 12.2. The summed E-state index contributed by atoms with van der Waals surface area (Å²) in [6, 6.07) is 0. The van der Waals surface area contributed by atoms with E-state index < -0.39 is 34.3 Å². The first-order chi connectivity index (χ1) is 20.6. The Morgan fingerprint density at radius 2 is 1.17 bits per heavy atom. The zero-order valence-corrected chi connectivity index (χ0v) is 34.2. The van der Waals surface area contributed by atoms with Crippen molar-refractivity contribution in [3.05, 3.63) is 25.3 Å². The molecule has 0 aliphatic carbocycles. The Kier molecular flexibility index (Phi) is 15.4. The quantitative estimate of drug-likeness (QED) is 0.144. The monoisotopic (exact) mass is 686 g/mol. The number of ketones is 1. The highest BCUT2D eigenvalue weighted by atomic mass is 28.4. The zero-order valence-electron chi connectivity index (χ0n) is 32.2. The highest BCUT2D eigenvalue weighted by molar-refractivity contribution is 6.74. The molecule has 2 aliphatic rings. The minimum atomic E-state index is -1.86. The second-order valence-corrected chi connectivity index (χ2v) is 26.7. The van der Waals surface area contributed by atoms with E-state index in [0.29, 0.717) is 26.1 Å². The molecule has 0 radical (unpaired) electrons. The minimum absolute atomic E-state index is 0.0391. The van der Waals surface area contributed by atoms with Crippen molar-refractivity contribution in [3.8, 4) is 0 Å². The van der Waals surface area contributed by atoms with Gasteiger partial charge in [0, 0.05) is 18.3 Å². The van der Waals surface area contributed by atoms with E-state index in [0.717, 1.165) is 0 Å². The summed E-state index contributed by atoms with van der Waals surface area (Å²) in [6.07, 6.45) is 2.98. The second kappa shape index (κ2) is 16.3. The van der Waals surface area contributed by atoms with Crippen LogP contribution in [0.2, 0.25) is 36.3 Å². The Balaban J connectivity index is 0.000000460. The smallest absolute Gasteiger partial charge is 0.192 e. The molecule has 0 spiro atoms. The molecule has 0 aromatic rings. The fraction of sp³-hybridized carbons (Fsp3) is 0.861. The van der Waals surface area contributed by atoms with Crippen molar-refractivity contribution in [2.24, 2.45) is 11.8 Å². The van der Waals surface area contributed by atoms with E-state index in [1.54, 1.807) is 12.2 Å². The van der Waals surface area contributed by atoms with Gasteiger partial charge in [0.15, 0.2) is 28.2 Å². The molecule has 2 fully saturated rings. The van der Waals surface area contributed by atoms with E-state index in [1.165, 1.54) is 0 Å². The molecule has 0 saturated carbocycles. The van der Waals surface area contributed by atoms with E-state index in [-0.39, 0.29) is 52.1 Å². The predicted octanol–water partition coefficient (Wildman–Crippen LogP) is 8.41. The average Bonchev–Trinajstić information content (AvgIpc) is 3.38. The molecule has 2 saturated heterocycles. The van der Waals surface area contributed by atoms with Crippen molar-refractivity contribution in [1.29, 1.82) is 0 Å². The lowest BCUT2D eigenvalue weighted by atomic mass is 9.92. The van der Waals surface area contributed by atoms with Gasteiger partial charge in [0.05, 0.1) is 31.5 Å². The van der Waals surface area contributed by atoms with Crippen molar-refractivity contribution in [1.82, 2.24) is 0 Å². The summed E-state index contributed by atoms with van der Waals surface area (Å²) in [7, 11) is -3.70. The number of aliphatic hydroxyl groups excluding tert-OH is 1. The summed E-state index contributed by atoms with van der Waals surface area (Å²) in [5, 5.41) is 10.6. The molecule has 8 nitrogen and oxygen atoms in total. The molecule has 0 aromatic carbocycles. The summed E-state index contributed by atoms with van der Waals surface area (Å²) in [4.78, 5) is 12.2. The van der Waals surface area contributed by atoms with E-state index in [2.05, 4.69) is 80.9 Å². The Labute approximate surface area is 284 Å². The first-order valence-electron chi connectivity index (χ1n) is 17.0. The molecule has 10 heteroatoms. The van der Waals surface area contributed by atoms with Crippen molar-refractivity contribution >= 4 is 22.4 Å². The number of rotatable bonds is 14. The van der Waals surface area contributed by atoms with Crippen LogP contribution in [-0.4, -0.2) is 82.8 Å². The van der Waals surface area contributed by atoms with Crippen molar-refractivity contribution < 1.29 is 37.7 Å². The van der Waals surface area contributed by atoms with Gasteiger partial charge in [0.1, 0.15) is 18.0 Å². The van der Waals surface area contributed by atoms with Gasteiger partial charge in [-0.05, 0) is 70.4 Å². The lowest BCUT2D eigenvalue weighted by molar-refractivity contribution is -0.155. The molecule has 46 heavy (non-hydrogen) atoms. The number of hydrogen-bond donors (Lipinski definition) is 1. The Hall–Kier alpha value is -0.696. The van der Waals surface area contributed by atoms with Crippen LogP contribution in [0.4, 0.5) is 0 Å². The Morgan fingerprint density at radius 1 is 0.783 bits per heavy atom. The largest absolute Gasteiger partial charge is 0.414 e. The first-order valence-corrected chi connectivity index (χ1v) is 22.8. The normalized spacial score (nSPS) is 26.9. The van der Waals surface area contributed by atoms with Crippen molar-refractivity contribution in [2.75, 3.05) is 13.2 Å². The zero-order chi connectivity index (χ0) is 36.1. The molecular formula is C36H70O8Si2. The number of hydrogen-bond acceptors (Lipinski definition) is 8. The fourth-order valence-corrected chi connectivity index (χ4v) is 7.01. The lowest BCUT2D eigenvalue weighted by Gasteiger charge is -2.37. The molecule has 7 atom stereocenters. The third kappa shape index (κ3) is 12.3. The Morgan fingerprint density at radius 3 is 1.54 bits per heavy atom. The molecule has 0 unspecified atom stereocenters. The standard InChI is InChI=1S/C18H36O4Si.C18H34O4Si/c2*1-10-11-14(19)13(2)16-15(21-18(6,7)22-16)12-20-23(8,9)17(3,4)5/h10,13-16,19H,1,11-12H2,2-9H3;10,13,15-16H,1,11-12H2,2-9H3/t13-,14-,15-,16+;13-,15-,16+/m00/s1. The van der Waals surface area contributed by atoms with Gasteiger partial charge in [-0.15, -0.1) is 13.2 Å². The fourth-order valence-electron chi connectivity index (χ4n) is 4.98. The molecule has 2 heterocycles. The number of allylic oxidation sites excluding steroid dienone is 1. The highest BCUT2D eigenvalue weighted by Crippen LogP contribution is 2.40. The minimum Gasteiger partial charge on any atom is -0.414 e. The van der Waals surface area contributed by atoms with Crippen LogP contribution >= 0.6 is 0 Å². The lowest BCUT2D eigenvalue weighted by Crippen LogP contribution is -2.45. The molecule has 270 valence electrons. The van der Waals surface area contributed by atoms with E-state index in [4.69, 9.17) is 27.8 Å². The van der Waals surface area contributed by atoms with Crippen molar-refractivity contribution in [2.45, 2.75) is 174 Å². The summed E-state index contributed by atoms with van der Waals surface area (Å²) in [6.45, 7) is 42.0. The average molecular weight is 687 g/mol. The van der Waals surface area contributed by atoms with E-state index in [9.17, 15) is 9.90 Å². The van der Waals surface area contributed by atoms with E-state index in [1.807, 2.05) is 41.5 Å². The predicted molar refractivity (Wildman–Crippen MR) is 193 cm³/mol. The summed E-state index contributed by atoms with van der Waals surface area (Å²) < 4.78 is 36.7. The van der Waals surface area contributed by atoms with Gasteiger partial charge >= 0.3 is 0 Å². The van der Waals surface area contributed by atoms with Crippen LogP contribution in [0.25, 0.3) is 0 Å². The number of carbonyl (C=O) groups is 1. The van der Waals surface area contributed by atoms with E-state index >= 15 is 0 Å². The molecule has 2 aliphatic heterocycles.